The van der Waals surface area contributed by atoms with Gasteiger partial charge in [0, 0.05) is 16.1 Å². The Morgan fingerprint density at radius 3 is 2.45 bits per heavy atom. The minimum atomic E-state index is -0.907. The fourth-order valence-corrected chi connectivity index (χ4v) is 7.36. The molecule has 0 unspecified atom stereocenters. The molecular formula is C37H28ClN3O5S. The number of methoxy groups -OCH3 is 1. The highest BCUT2D eigenvalue weighted by Crippen LogP contribution is 2.38. The molecule has 0 fully saturated rings. The minimum Gasteiger partial charge on any atom is -0.497 e. The molecule has 5 aromatic rings. The molecule has 8 nitrogen and oxygen atoms in total. The molecule has 0 radical (unpaired) electrons. The average molecular weight is 662 g/mol. The molecule has 0 N–H and O–H groups in total. The van der Waals surface area contributed by atoms with Gasteiger partial charge in [0.25, 0.3) is 11.5 Å². The molecule has 7 rings (SSSR count). The topological polar surface area (TPSA) is 90.2 Å². The van der Waals surface area contributed by atoms with Crippen LogP contribution in [0.1, 0.15) is 35.2 Å². The summed E-state index contributed by atoms with van der Waals surface area (Å²) in [6.07, 6.45) is 0. The zero-order chi connectivity index (χ0) is 32.7. The average Bonchev–Trinajstić information content (AvgIpc) is 3.57. The zero-order valence-electron chi connectivity index (χ0n) is 25.5. The first-order valence-corrected chi connectivity index (χ1v) is 16.2. The maximum absolute atomic E-state index is 14.7. The van der Waals surface area contributed by atoms with Gasteiger partial charge in [-0.1, -0.05) is 102 Å². The number of nitrogens with zero attached hydrogens (tertiary/aromatic N) is 3. The molecule has 2 aliphatic heterocycles. The molecule has 234 valence electrons. The Balaban J connectivity index is 1.51. The monoisotopic (exact) mass is 661 g/mol. The maximum atomic E-state index is 14.7. The van der Waals surface area contributed by atoms with E-state index in [2.05, 4.69) is 0 Å². The lowest BCUT2D eigenvalue weighted by Crippen LogP contribution is -2.41. The van der Waals surface area contributed by atoms with Gasteiger partial charge in [-0.05, 0) is 42.3 Å². The summed E-state index contributed by atoms with van der Waals surface area (Å²) < 4.78 is 12.8. The number of esters is 1. The first kappa shape index (κ1) is 30.4. The molecule has 0 saturated carbocycles. The third-order valence-corrected chi connectivity index (χ3v) is 9.62. The van der Waals surface area contributed by atoms with Gasteiger partial charge in [0.2, 0.25) is 0 Å². The lowest BCUT2D eigenvalue weighted by Gasteiger charge is -2.26. The SMILES string of the molecule is CCOC(=O)C1=C(c2ccccc2)N=c2s/c(=C3/C(=O)N(Cc4ccccc4Cl)c4ccccc43)c(=O)n2[C@@H]1c1cccc(OC)c1. The van der Waals surface area contributed by atoms with Crippen molar-refractivity contribution in [3.05, 3.63) is 156 Å². The van der Waals surface area contributed by atoms with Crippen molar-refractivity contribution in [1.82, 2.24) is 4.57 Å². The van der Waals surface area contributed by atoms with Gasteiger partial charge in [-0.25, -0.2) is 9.79 Å². The molecule has 3 heterocycles. The number of hydrogen-bond acceptors (Lipinski definition) is 7. The molecule has 2 aliphatic rings. The fraction of sp³-hybridized carbons (Fsp3) is 0.135. The van der Waals surface area contributed by atoms with Gasteiger partial charge in [-0.15, -0.1) is 0 Å². The van der Waals surface area contributed by atoms with Crippen molar-refractivity contribution in [1.29, 1.82) is 0 Å². The molecule has 1 aromatic heterocycles. The second-order valence-electron chi connectivity index (χ2n) is 10.9. The van der Waals surface area contributed by atoms with Crippen molar-refractivity contribution in [2.75, 3.05) is 18.6 Å². The van der Waals surface area contributed by atoms with E-state index in [0.29, 0.717) is 43.6 Å². The highest BCUT2D eigenvalue weighted by Gasteiger charge is 2.38. The van der Waals surface area contributed by atoms with Crippen LogP contribution in [0.15, 0.2) is 118 Å². The molecule has 10 heteroatoms. The van der Waals surface area contributed by atoms with E-state index in [9.17, 15) is 14.4 Å². The van der Waals surface area contributed by atoms with E-state index in [4.69, 9.17) is 26.1 Å². The minimum absolute atomic E-state index is 0.135. The van der Waals surface area contributed by atoms with E-state index < -0.39 is 17.6 Å². The molecule has 0 bridgehead atoms. The predicted octanol–water partition coefficient (Wildman–Crippen LogP) is 5.51. The summed E-state index contributed by atoms with van der Waals surface area (Å²) in [5.74, 6) is -0.347. The van der Waals surface area contributed by atoms with E-state index in [-0.39, 0.29) is 34.7 Å². The Morgan fingerprint density at radius 1 is 0.936 bits per heavy atom. The van der Waals surface area contributed by atoms with Gasteiger partial charge in [0.05, 0.1) is 48.8 Å². The number of para-hydroxylation sites is 1. The number of carbonyl (C=O) groups excluding carboxylic acids is 2. The predicted molar refractivity (Wildman–Crippen MR) is 182 cm³/mol. The van der Waals surface area contributed by atoms with Gasteiger partial charge < -0.3 is 14.4 Å². The van der Waals surface area contributed by atoms with Crippen molar-refractivity contribution in [2.45, 2.75) is 19.5 Å². The van der Waals surface area contributed by atoms with Crippen molar-refractivity contribution in [2.24, 2.45) is 4.99 Å². The van der Waals surface area contributed by atoms with Crippen LogP contribution in [-0.4, -0.2) is 30.2 Å². The van der Waals surface area contributed by atoms with E-state index in [0.717, 1.165) is 16.9 Å². The largest absolute Gasteiger partial charge is 0.497 e. The highest BCUT2D eigenvalue weighted by molar-refractivity contribution is 7.07. The summed E-state index contributed by atoms with van der Waals surface area (Å²) in [5.41, 5.74) is 3.88. The van der Waals surface area contributed by atoms with Gasteiger partial charge in [-0.2, -0.15) is 0 Å². The van der Waals surface area contributed by atoms with E-state index in [1.165, 1.54) is 4.57 Å². The summed E-state index contributed by atoms with van der Waals surface area (Å²) in [5, 5.41) is 0.545. The van der Waals surface area contributed by atoms with Gasteiger partial charge in [0.15, 0.2) is 4.80 Å². The van der Waals surface area contributed by atoms with Crippen molar-refractivity contribution in [3.8, 4) is 5.75 Å². The number of carbonyl (C=O) groups is 2. The molecular weight excluding hydrogens is 634 g/mol. The Kier molecular flexibility index (Phi) is 8.09. The zero-order valence-corrected chi connectivity index (χ0v) is 27.0. The van der Waals surface area contributed by atoms with E-state index in [1.807, 2.05) is 78.9 Å². The number of benzene rings is 4. The van der Waals surface area contributed by atoms with Crippen LogP contribution in [0.4, 0.5) is 5.69 Å². The number of aromatic nitrogens is 1. The highest BCUT2D eigenvalue weighted by atomic mass is 35.5. The van der Waals surface area contributed by atoms with Crippen LogP contribution in [-0.2, 0) is 20.9 Å². The Morgan fingerprint density at radius 2 is 1.68 bits per heavy atom. The Labute approximate surface area is 279 Å². The first-order valence-electron chi connectivity index (χ1n) is 15.0. The van der Waals surface area contributed by atoms with Crippen molar-refractivity contribution >= 4 is 51.8 Å². The normalized spacial score (nSPS) is 16.4. The van der Waals surface area contributed by atoms with Crippen LogP contribution in [0.5, 0.6) is 5.75 Å². The number of amides is 1. The quantitative estimate of drug-likeness (QED) is 0.215. The summed E-state index contributed by atoms with van der Waals surface area (Å²) in [6, 6.07) is 30.4. The van der Waals surface area contributed by atoms with Crippen LogP contribution in [0.25, 0.3) is 11.3 Å². The van der Waals surface area contributed by atoms with Crippen LogP contribution in [0.2, 0.25) is 5.02 Å². The second kappa shape index (κ2) is 12.5. The first-order chi connectivity index (χ1) is 22.9. The van der Waals surface area contributed by atoms with Crippen molar-refractivity contribution < 1.29 is 19.1 Å². The van der Waals surface area contributed by atoms with Crippen molar-refractivity contribution in [3.63, 3.8) is 0 Å². The molecule has 0 spiro atoms. The Bertz CT molecular complexity index is 2270. The number of halogens is 1. The lowest BCUT2D eigenvalue weighted by atomic mass is 9.93. The van der Waals surface area contributed by atoms with Crippen LogP contribution >= 0.6 is 22.9 Å². The number of ether oxygens (including phenoxy) is 2. The number of anilines is 1. The molecule has 1 amide bonds. The van der Waals surface area contributed by atoms with Crippen LogP contribution in [0.3, 0.4) is 0 Å². The number of fused-ring (bicyclic) bond motifs is 2. The smallest absolute Gasteiger partial charge is 0.338 e. The molecule has 1 atom stereocenters. The van der Waals surface area contributed by atoms with Crippen LogP contribution < -0.4 is 24.5 Å². The molecule has 0 aliphatic carbocycles. The third kappa shape index (κ3) is 5.27. The van der Waals surface area contributed by atoms with Gasteiger partial charge in [-0.3, -0.25) is 14.2 Å². The number of thiazole rings is 1. The van der Waals surface area contributed by atoms with E-state index in [1.54, 1.807) is 43.2 Å². The van der Waals surface area contributed by atoms with Gasteiger partial charge in [0.1, 0.15) is 10.3 Å². The maximum Gasteiger partial charge on any atom is 0.338 e. The number of rotatable bonds is 7. The van der Waals surface area contributed by atoms with E-state index >= 15 is 0 Å². The molecule has 0 saturated heterocycles. The lowest BCUT2D eigenvalue weighted by molar-refractivity contribution is -0.138. The fourth-order valence-electron chi connectivity index (χ4n) is 6.07. The van der Waals surface area contributed by atoms with Crippen LogP contribution in [0, 0.1) is 0 Å². The molecule has 47 heavy (non-hydrogen) atoms. The summed E-state index contributed by atoms with van der Waals surface area (Å²) >= 11 is 7.61. The second-order valence-corrected chi connectivity index (χ2v) is 12.3. The summed E-state index contributed by atoms with van der Waals surface area (Å²) in [6.45, 7) is 2.10. The summed E-state index contributed by atoms with van der Waals surface area (Å²) in [4.78, 5) is 49.7. The summed E-state index contributed by atoms with van der Waals surface area (Å²) in [7, 11) is 1.56. The Hall–Kier alpha value is -5.25. The standard InChI is InChI=1S/C37H28ClN3O5S/c1-3-46-36(44)30-31(22-12-5-4-6-13-22)39-37-41(32(30)23-15-11-16-25(20-23)45-2)35(43)33(47-37)29-26-17-8-10-19-28(26)40(34(29)42)21-24-14-7-9-18-27(24)38/h4-20,32H,3,21H2,1-2H3/b33-29+/t32-/m1/s1. The third-order valence-electron chi connectivity index (χ3n) is 8.20. The van der Waals surface area contributed by atoms with Gasteiger partial charge >= 0.3 is 5.97 Å². The molecule has 4 aromatic carbocycles. The number of hydrogen-bond donors (Lipinski definition) is 0.